The molecule has 0 aliphatic heterocycles. The Labute approximate surface area is 88.2 Å². The van der Waals surface area contributed by atoms with Crippen LogP contribution in [0.3, 0.4) is 0 Å². The van der Waals surface area contributed by atoms with Gasteiger partial charge < -0.3 is 4.98 Å². The fourth-order valence-corrected chi connectivity index (χ4v) is 0.953. The molecular weight excluding hydrogens is 267 g/mol. The Kier molecular flexibility index (Phi) is 4.41. The van der Waals surface area contributed by atoms with E-state index in [1.165, 1.54) is 16.3 Å². The molecule has 1 aromatic carbocycles. The zero-order chi connectivity index (χ0) is 8.81. The fraction of sp³-hybridized carbons (Fsp3) is 0. The van der Waals surface area contributed by atoms with Gasteiger partial charge in [-0.05, 0) is 5.52 Å². The molecule has 0 bridgehead atoms. The number of fused-ring (bicyclic) bond motifs is 1. The molecule has 3 heteroatoms. The summed E-state index contributed by atoms with van der Waals surface area (Å²) in [4.78, 5) is 4.15. The van der Waals surface area contributed by atoms with Crippen LogP contribution in [0.5, 0.6) is 0 Å². The van der Waals surface area contributed by atoms with Gasteiger partial charge in [0, 0.05) is 0 Å². The molecule has 0 unspecified atom stereocenters. The van der Waals surface area contributed by atoms with Gasteiger partial charge in [-0.15, -0.1) is 29.7 Å². The van der Waals surface area contributed by atoms with E-state index in [-0.39, 0.29) is 0 Å². The molecular formula is C9H6BrNZn. The smallest absolute Gasteiger partial charge is 0.0233 e. The molecule has 56 valence electrons. The monoisotopic (exact) mass is 271 g/mol. The first-order valence-electron chi connectivity index (χ1n) is 3.45. The maximum atomic E-state index is 4.15. The maximum absolute atomic E-state index is 4.15. The summed E-state index contributed by atoms with van der Waals surface area (Å²) in [7, 11) is 0. The van der Waals surface area contributed by atoms with E-state index in [0.29, 0.717) is 0 Å². The molecule has 0 amide bonds. The molecule has 2 rings (SSSR count). The SMILES string of the molecule is [Zn+][Br].[c-]1ccnc2ccccc12. The number of hydrogen-bond donors (Lipinski definition) is 0. The standard InChI is InChI=1S/C9H6N.BrH.Zn/c1-2-6-9-8(4-1)5-3-7-10-9;;/h1-4,6-7H;1H;/q-1;;+2/p-1. The Bertz CT molecular complexity index is 286. The third-order valence-electron chi connectivity index (χ3n) is 1.43. The number of aromatic nitrogens is 1. The number of pyridine rings is 1. The van der Waals surface area contributed by atoms with Crippen LogP contribution in [0.15, 0.2) is 36.5 Å². The van der Waals surface area contributed by atoms with Crippen molar-refractivity contribution in [2.45, 2.75) is 0 Å². The van der Waals surface area contributed by atoms with Crippen LogP contribution < -0.4 is 0 Å². The van der Waals surface area contributed by atoms with E-state index in [1.54, 1.807) is 6.20 Å². The van der Waals surface area contributed by atoms with E-state index in [4.69, 9.17) is 0 Å². The second-order valence-corrected chi connectivity index (χ2v) is 2.11. The number of nitrogens with zero attached hydrogens (tertiary/aromatic N) is 1. The summed E-state index contributed by atoms with van der Waals surface area (Å²) in [6, 6.07) is 12.9. The summed E-state index contributed by atoms with van der Waals surface area (Å²) >= 11 is 4.25. The summed E-state index contributed by atoms with van der Waals surface area (Å²) in [5, 5.41) is 1.07. The van der Waals surface area contributed by atoms with Crippen LogP contribution in [0.1, 0.15) is 0 Å². The van der Waals surface area contributed by atoms with Crippen LogP contribution in [0.4, 0.5) is 0 Å². The molecule has 0 saturated carbocycles. The first-order chi connectivity index (χ1) is 5.97. The summed E-state index contributed by atoms with van der Waals surface area (Å²) in [5.41, 5.74) is 1.00. The van der Waals surface area contributed by atoms with Gasteiger partial charge in [0.05, 0.1) is 0 Å². The van der Waals surface area contributed by atoms with Gasteiger partial charge in [0.15, 0.2) is 0 Å². The van der Waals surface area contributed by atoms with Gasteiger partial charge in [-0.3, -0.25) is 0 Å². The molecule has 0 radical (unpaired) electrons. The van der Waals surface area contributed by atoms with Crippen LogP contribution >= 0.6 is 13.6 Å². The topological polar surface area (TPSA) is 12.9 Å². The van der Waals surface area contributed by atoms with Crippen molar-refractivity contribution in [3.8, 4) is 0 Å². The summed E-state index contributed by atoms with van der Waals surface area (Å²) in [6.45, 7) is 0. The Morgan fingerprint density at radius 2 is 2.00 bits per heavy atom. The second-order valence-electron chi connectivity index (χ2n) is 2.11. The summed E-state index contributed by atoms with van der Waals surface area (Å²) in [6.07, 6.45) is 1.75. The zero-order valence-electron chi connectivity index (χ0n) is 6.50. The molecule has 0 spiro atoms. The minimum Gasteiger partial charge on any atom is -0.352 e. The molecule has 0 saturated heterocycles. The Hall–Kier alpha value is -0.267. The largest absolute Gasteiger partial charge is 0.352 e. The Balaban J connectivity index is 0.000000336. The van der Waals surface area contributed by atoms with Crippen molar-refractivity contribution in [3.05, 3.63) is 42.6 Å². The van der Waals surface area contributed by atoms with Crippen LogP contribution in [-0.2, 0) is 16.3 Å². The summed E-state index contributed by atoms with van der Waals surface area (Å²) in [5.74, 6) is 0. The van der Waals surface area contributed by atoms with Gasteiger partial charge in [-0.2, -0.15) is 0 Å². The van der Waals surface area contributed by atoms with Crippen molar-refractivity contribution in [1.82, 2.24) is 4.98 Å². The van der Waals surface area contributed by atoms with Gasteiger partial charge in [0.2, 0.25) is 0 Å². The van der Waals surface area contributed by atoms with Crippen molar-refractivity contribution < 1.29 is 16.3 Å². The van der Waals surface area contributed by atoms with Crippen molar-refractivity contribution in [3.63, 3.8) is 0 Å². The zero-order valence-corrected chi connectivity index (χ0v) is 11.0. The molecule has 12 heavy (non-hydrogen) atoms. The first-order valence-corrected chi connectivity index (χ1v) is 10.4. The van der Waals surface area contributed by atoms with Gasteiger partial charge >= 0.3 is 30.0 Å². The maximum Gasteiger partial charge on any atom is -0.0233 e. The predicted molar refractivity (Wildman–Crippen MR) is 49.5 cm³/mol. The van der Waals surface area contributed by atoms with Gasteiger partial charge in [-0.1, -0.05) is 18.3 Å². The van der Waals surface area contributed by atoms with Crippen molar-refractivity contribution in [2.24, 2.45) is 0 Å². The van der Waals surface area contributed by atoms with Crippen LogP contribution in [0.25, 0.3) is 10.9 Å². The number of para-hydroxylation sites is 1. The van der Waals surface area contributed by atoms with E-state index in [0.717, 1.165) is 10.9 Å². The third-order valence-corrected chi connectivity index (χ3v) is 1.43. The van der Waals surface area contributed by atoms with Gasteiger partial charge in [0.25, 0.3) is 0 Å². The average Bonchev–Trinajstić information content (AvgIpc) is 2.21. The Morgan fingerprint density at radius 3 is 2.75 bits per heavy atom. The number of rotatable bonds is 0. The minimum absolute atomic E-state index is 1.00. The molecule has 1 heterocycles. The third kappa shape index (κ3) is 2.36. The fourth-order valence-electron chi connectivity index (χ4n) is 0.953. The van der Waals surface area contributed by atoms with Crippen LogP contribution in [0.2, 0.25) is 0 Å². The predicted octanol–water partition coefficient (Wildman–Crippen LogP) is 2.88. The molecule has 2 aromatic rings. The van der Waals surface area contributed by atoms with Crippen LogP contribution in [0, 0.1) is 6.07 Å². The molecule has 0 fully saturated rings. The molecule has 1 nitrogen and oxygen atoms in total. The van der Waals surface area contributed by atoms with Gasteiger partial charge in [0.1, 0.15) is 0 Å². The van der Waals surface area contributed by atoms with Crippen molar-refractivity contribution in [1.29, 1.82) is 0 Å². The van der Waals surface area contributed by atoms with E-state index in [2.05, 4.69) is 24.7 Å². The van der Waals surface area contributed by atoms with Crippen molar-refractivity contribution >= 4 is 24.5 Å². The average molecular weight is 273 g/mol. The Morgan fingerprint density at radius 1 is 1.25 bits per heavy atom. The number of benzene rings is 1. The number of hydrogen-bond acceptors (Lipinski definition) is 1. The molecule has 0 atom stereocenters. The number of halogens is 1. The molecule has 0 aliphatic carbocycles. The van der Waals surface area contributed by atoms with E-state index < -0.39 is 0 Å². The van der Waals surface area contributed by atoms with E-state index >= 15 is 0 Å². The first kappa shape index (κ1) is 9.82. The second kappa shape index (κ2) is 5.39. The van der Waals surface area contributed by atoms with E-state index in [1.807, 2.05) is 30.3 Å². The quantitative estimate of drug-likeness (QED) is 0.531. The van der Waals surface area contributed by atoms with Crippen LogP contribution in [-0.4, -0.2) is 4.98 Å². The minimum atomic E-state index is 1.00. The van der Waals surface area contributed by atoms with Gasteiger partial charge in [-0.25, -0.2) is 0 Å². The summed E-state index contributed by atoms with van der Waals surface area (Å²) < 4.78 is 0. The molecule has 0 N–H and O–H groups in total. The van der Waals surface area contributed by atoms with Crippen molar-refractivity contribution in [2.75, 3.05) is 0 Å². The molecule has 0 aliphatic rings. The van der Waals surface area contributed by atoms with E-state index in [9.17, 15) is 0 Å². The normalized spacial score (nSPS) is 8.92. The molecule has 1 aromatic heterocycles.